The van der Waals surface area contributed by atoms with Gasteiger partial charge in [0.15, 0.2) is 5.78 Å². The van der Waals surface area contributed by atoms with Crippen molar-refractivity contribution in [3.8, 4) is 0 Å². The summed E-state index contributed by atoms with van der Waals surface area (Å²) < 4.78 is 0. The van der Waals surface area contributed by atoms with Crippen molar-refractivity contribution in [2.24, 2.45) is 5.92 Å². The summed E-state index contributed by atoms with van der Waals surface area (Å²) in [7, 11) is 2.18. The van der Waals surface area contributed by atoms with Crippen LogP contribution in [-0.2, 0) is 11.2 Å². The van der Waals surface area contributed by atoms with Crippen LogP contribution >= 0.6 is 12.4 Å². The lowest BCUT2D eigenvalue weighted by molar-refractivity contribution is -0.131. The van der Waals surface area contributed by atoms with Gasteiger partial charge in [-0.1, -0.05) is 54.6 Å². The molecule has 0 radical (unpaired) electrons. The Morgan fingerprint density at radius 1 is 0.933 bits per heavy atom. The van der Waals surface area contributed by atoms with Crippen molar-refractivity contribution in [1.29, 1.82) is 0 Å². The Morgan fingerprint density at radius 2 is 1.47 bits per heavy atom. The molecule has 0 atom stereocenters. The molecule has 5 heteroatoms. The third kappa shape index (κ3) is 7.29. The molecular formula is C25H28ClNO3. The molecule has 1 aliphatic rings. The van der Waals surface area contributed by atoms with E-state index in [1.54, 1.807) is 12.2 Å². The maximum atomic E-state index is 12.4. The van der Waals surface area contributed by atoms with E-state index >= 15 is 0 Å². The molecule has 1 saturated heterocycles. The highest BCUT2D eigenvalue weighted by Gasteiger charge is 2.16. The number of benzene rings is 2. The first kappa shape index (κ1) is 23.6. The molecule has 1 fully saturated rings. The number of carbonyl (C=O) groups excluding carboxylic acids is 1. The summed E-state index contributed by atoms with van der Waals surface area (Å²) >= 11 is 0. The van der Waals surface area contributed by atoms with Crippen molar-refractivity contribution in [1.82, 2.24) is 4.90 Å². The van der Waals surface area contributed by atoms with Crippen LogP contribution in [0.25, 0.3) is 12.2 Å². The molecule has 3 rings (SSSR count). The average molecular weight is 426 g/mol. The molecule has 0 saturated carbocycles. The number of carbonyl (C=O) groups is 2. The number of allylic oxidation sites excluding steroid dienone is 1. The number of likely N-dealkylation sites (tertiary alicyclic amines) is 1. The van der Waals surface area contributed by atoms with Crippen molar-refractivity contribution in [3.63, 3.8) is 0 Å². The minimum Gasteiger partial charge on any atom is -0.478 e. The van der Waals surface area contributed by atoms with Gasteiger partial charge in [-0.3, -0.25) is 4.79 Å². The van der Waals surface area contributed by atoms with Crippen molar-refractivity contribution < 1.29 is 14.7 Å². The van der Waals surface area contributed by atoms with Gasteiger partial charge in [0.05, 0.1) is 0 Å². The first-order valence-electron chi connectivity index (χ1n) is 10.0. The second-order valence-corrected chi connectivity index (χ2v) is 7.68. The van der Waals surface area contributed by atoms with Crippen molar-refractivity contribution >= 4 is 36.3 Å². The van der Waals surface area contributed by atoms with E-state index in [0.717, 1.165) is 29.5 Å². The van der Waals surface area contributed by atoms with Gasteiger partial charge in [-0.2, -0.15) is 0 Å². The molecule has 1 N–H and O–H groups in total. The molecule has 1 heterocycles. The van der Waals surface area contributed by atoms with Crippen molar-refractivity contribution in [2.75, 3.05) is 20.1 Å². The van der Waals surface area contributed by atoms with E-state index in [1.165, 1.54) is 37.6 Å². The van der Waals surface area contributed by atoms with Gasteiger partial charge < -0.3 is 10.0 Å². The first-order chi connectivity index (χ1) is 14.0. The monoisotopic (exact) mass is 425 g/mol. The van der Waals surface area contributed by atoms with E-state index in [2.05, 4.69) is 24.1 Å². The Labute approximate surface area is 184 Å². The zero-order valence-corrected chi connectivity index (χ0v) is 18.0. The van der Waals surface area contributed by atoms with Crippen LogP contribution in [0.4, 0.5) is 0 Å². The maximum absolute atomic E-state index is 12.4. The fourth-order valence-electron chi connectivity index (χ4n) is 3.56. The van der Waals surface area contributed by atoms with Crippen LogP contribution in [0.2, 0.25) is 0 Å². The van der Waals surface area contributed by atoms with E-state index in [4.69, 9.17) is 5.11 Å². The maximum Gasteiger partial charge on any atom is 0.328 e. The predicted octanol–water partition coefficient (Wildman–Crippen LogP) is 4.99. The van der Waals surface area contributed by atoms with E-state index in [1.807, 2.05) is 36.4 Å². The summed E-state index contributed by atoms with van der Waals surface area (Å²) in [4.78, 5) is 25.4. The van der Waals surface area contributed by atoms with Gasteiger partial charge in [-0.25, -0.2) is 4.79 Å². The van der Waals surface area contributed by atoms with Gasteiger partial charge in [-0.15, -0.1) is 12.4 Å². The van der Waals surface area contributed by atoms with E-state index in [-0.39, 0.29) is 18.2 Å². The average Bonchev–Trinajstić information content (AvgIpc) is 2.73. The Hall–Kier alpha value is -2.69. The second-order valence-electron chi connectivity index (χ2n) is 7.68. The predicted molar refractivity (Wildman–Crippen MR) is 124 cm³/mol. The number of hydrogen-bond acceptors (Lipinski definition) is 3. The van der Waals surface area contributed by atoms with Crippen LogP contribution in [0.3, 0.4) is 0 Å². The third-order valence-corrected chi connectivity index (χ3v) is 5.38. The van der Waals surface area contributed by atoms with Crippen LogP contribution in [-0.4, -0.2) is 41.9 Å². The van der Waals surface area contributed by atoms with Crippen LogP contribution in [0, 0.1) is 5.92 Å². The van der Waals surface area contributed by atoms with E-state index < -0.39 is 5.97 Å². The van der Waals surface area contributed by atoms with Gasteiger partial charge in [-0.05, 0) is 74.2 Å². The summed E-state index contributed by atoms with van der Waals surface area (Å²) in [5.74, 6) is -0.261. The number of nitrogens with zero attached hydrogens (tertiary/aromatic N) is 1. The smallest absolute Gasteiger partial charge is 0.328 e. The summed E-state index contributed by atoms with van der Waals surface area (Å²) in [5.41, 5.74) is 3.68. The Morgan fingerprint density at radius 3 is 2.00 bits per heavy atom. The summed E-state index contributed by atoms with van der Waals surface area (Å²) in [6, 6.07) is 15.3. The van der Waals surface area contributed by atoms with Gasteiger partial charge in [0.2, 0.25) is 0 Å². The molecule has 0 aliphatic carbocycles. The molecular weight excluding hydrogens is 398 g/mol. The number of aliphatic carboxylic acids is 1. The molecule has 0 spiro atoms. The number of halogens is 1. The molecule has 0 aromatic heterocycles. The normalized spacial score (nSPS) is 15.4. The number of rotatable bonds is 7. The minimum absolute atomic E-state index is 0. The highest BCUT2D eigenvalue weighted by Crippen LogP contribution is 2.21. The zero-order valence-electron chi connectivity index (χ0n) is 17.2. The molecule has 4 nitrogen and oxygen atoms in total. The molecule has 0 unspecified atom stereocenters. The lowest BCUT2D eigenvalue weighted by Gasteiger charge is -2.28. The fraction of sp³-hybridized carbons (Fsp3) is 0.280. The summed E-state index contributed by atoms with van der Waals surface area (Å²) in [5, 5.41) is 8.65. The van der Waals surface area contributed by atoms with Crippen molar-refractivity contribution in [2.45, 2.75) is 19.3 Å². The largest absolute Gasteiger partial charge is 0.478 e. The van der Waals surface area contributed by atoms with Gasteiger partial charge >= 0.3 is 5.97 Å². The molecule has 30 heavy (non-hydrogen) atoms. The summed E-state index contributed by atoms with van der Waals surface area (Å²) in [6.45, 7) is 2.34. The van der Waals surface area contributed by atoms with Crippen molar-refractivity contribution in [3.05, 3.63) is 82.9 Å². The van der Waals surface area contributed by atoms with Gasteiger partial charge in [0.25, 0.3) is 0 Å². The highest BCUT2D eigenvalue weighted by atomic mass is 35.5. The Balaban J connectivity index is 0.00000320. The second kappa shape index (κ2) is 11.5. The minimum atomic E-state index is -0.975. The molecule has 1 aliphatic heterocycles. The molecule has 158 valence electrons. The van der Waals surface area contributed by atoms with Crippen LogP contribution in [0.1, 0.15) is 39.9 Å². The molecule has 2 aromatic carbocycles. The number of piperidine rings is 1. The molecule has 2 aromatic rings. The SMILES string of the molecule is CN1CCC(Cc2ccc(C(=O)/C=C/c3ccc(/C=C/C(=O)O)cc3)cc2)CC1.Cl. The zero-order chi connectivity index (χ0) is 20.6. The van der Waals surface area contributed by atoms with E-state index in [9.17, 15) is 9.59 Å². The molecule has 0 bridgehead atoms. The van der Waals surface area contributed by atoms with E-state index in [0.29, 0.717) is 5.56 Å². The lowest BCUT2D eigenvalue weighted by Crippen LogP contribution is -2.30. The Bertz CT molecular complexity index is 893. The lowest BCUT2D eigenvalue weighted by atomic mass is 9.90. The number of carboxylic acids is 1. The standard InChI is InChI=1S/C25H27NO3.ClH/c1-26-16-14-22(15-17-26)18-21-6-10-23(11-7-21)24(27)12-8-19-2-4-20(5-3-19)9-13-25(28)29;/h2-13,22H,14-18H2,1H3,(H,28,29);1H/b12-8+,13-9+;. The number of hydrogen-bond donors (Lipinski definition) is 1. The van der Waals surface area contributed by atoms with Crippen LogP contribution in [0.5, 0.6) is 0 Å². The Kier molecular flexibility index (Phi) is 9.03. The number of ketones is 1. The topological polar surface area (TPSA) is 57.6 Å². The fourth-order valence-corrected chi connectivity index (χ4v) is 3.56. The first-order valence-corrected chi connectivity index (χ1v) is 10.0. The quantitative estimate of drug-likeness (QED) is 0.501. The van der Waals surface area contributed by atoms with Gasteiger partial charge in [0.1, 0.15) is 0 Å². The highest BCUT2D eigenvalue weighted by molar-refractivity contribution is 6.06. The molecule has 0 amide bonds. The van der Waals surface area contributed by atoms with Gasteiger partial charge in [0, 0.05) is 11.6 Å². The summed E-state index contributed by atoms with van der Waals surface area (Å²) in [6.07, 6.45) is 9.56. The third-order valence-electron chi connectivity index (χ3n) is 5.38. The van der Waals surface area contributed by atoms with Crippen LogP contribution < -0.4 is 0 Å². The van der Waals surface area contributed by atoms with Crippen LogP contribution in [0.15, 0.2) is 60.7 Å². The number of carboxylic acid groups (broad SMARTS) is 1.